The molecule has 0 N–H and O–H groups in total. The first-order chi connectivity index (χ1) is 8.91. The van der Waals surface area contributed by atoms with Gasteiger partial charge in [0, 0.05) is 17.9 Å². The number of ether oxygens (including phenoxy) is 1. The van der Waals surface area contributed by atoms with E-state index in [1.807, 2.05) is 24.3 Å². The van der Waals surface area contributed by atoms with E-state index in [1.54, 1.807) is 0 Å². The minimum absolute atomic E-state index is 0.727. The molecule has 1 nitrogen and oxygen atoms in total. The van der Waals surface area contributed by atoms with Crippen LogP contribution in [-0.2, 0) is 0 Å². The molecule has 0 spiro atoms. The summed E-state index contributed by atoms with van der Waals surface area (Å²) in [5, 5.41) is 0. The Kier molecular flexibility index (Phi) is 6.01. The van der Waals surface area contributed by atoms with E-state index in [1.165, 1.54) is 0 Å². The van der Waals surface area contributed by atoms with Gasteiger partial charge in [0.25, 0.3) is 0 Å². The summed E-state index contributed by atoms with van der Waals surface area (Å²) in [5.74, 6) is 1.45. The summed E-state index contributed by atoms with van der Waals surface area (Å²) in [6.45, 7) is 0. The molecule has 0 aromatic heterocycles. The molecule has 100 valence electrons. The van der Waals surface area contributed by atoms with Gasteiger partial charge in [-0.25, -0.2) is 0 Å². The highest BCUT2D eigenvalue weighted by Crippen LogP contribution is 2.43. The van der Waals surface area contributed by atoms with Crippen LogP contribution in [0.25, 0.3) is 0 Å². The van der Waals surface area contributed by atoms with Crippen molar-refractivity contribution in [1.29, 1.82) is 0 Å². The molecule has 0 bridgehead atoms. The van der Waals surface area contributed by atoms with Gasteiger partial charge in [-0.15, -0.1) is 0 Å². The molecule has 0 saturated heterocycles. The molecule has 2 aromatic carbocycles. The van der Waals surface area contributed by atoms with Crippen molar-refractivity contribution in [2.45, 2.75) is 0 Å². The van der Waals surface area contributed by atoms with Gasteiger partial charge >= 0.3 is 0 Å². The minimum Gasteiger partial charge on any atom is -0.455 e. The quantitative estimate of drug-likeness (QED) is 0.301. The Balaban J connectivity index is 2.43. The Labute approximate surface area is 161 Å². The summed E-state index contributed by atoms with van der Waals surface area (Å²) in [6, 6.07) is 7.63. The van der Waals surface area contributed by atoms with Crippen LogP contribution in [0.1, 0.15) is 0 Å². The number of hydrogen-bond donors (Lipinski definition) is 0. The molecule has 0 aliphatic heterocycles. The van der Waals surface area contributed by atoms with E-state index in [0.29, 0.717) is 0 Å². The van der Waals surface area contributed by atoms with Crippen LogP contribution in [0.5, 0.6) is 11.5 Å². The van der Waals surface area contributed by atoms with Crippen LogP contribution in [0.3, 0.4) is 0 Å². The maximum atomic E-state index is 5.92. The highest BCUT2D eigenvalue weighted by atomic mass is 79.9. The zero-order valence-corrected chi connectivity index (χ0v) is 18.5. The Morgan fingerprint density at radius 2 is 0.895 bits per heavy atom. The van der Waals surface area contributed by atoms with Crippen molar-refractivity contribution in [3.63, 3.8) is 0 Å². The van der Waals surface area contributed by atoms with Gasteiger partial charge < -0.3 is 4.74 Å². The number of benzene rings is 2. The van der Waals surface area contributed by atoms with E-state index in [0.717, 1.165) is 38.3 Å². The van der Waals surface area contributed by atoms with E-state index >= 15 is 0 Å². The topological polar surface area (TPSA) is 9.23 Å². The fourth-order valence-electron chi connectivity index (χ4n) is 1.29. The molecule has 7 heteroatoms. The van der Waals surface area contributed by atoms with Gasteiger partial charge in [0.2, 0.25) is 0 Å². The minimum atomic E-state index is 0.727. The fourth-order valence-corrected chi connectivity index (χ4v) is 3.99. The first-order valence-corrected chi connectivity index (χ1v) is 9.62. The predicted molar refractivity (Wildman–Crippen MR) is 99.2 cm³/mol. The molecule has 0 atom stereocenters. The SMILES string of the molecule is Brc1ccc(Oc2ccc(Br)c(Br)c2Br)c(Br)c1Br. The van der Waals surface area contributed by atoms with Crippen molar-refractivity contribution in [1.82, 2.24) is 0 Å². The van der Waals surface area contributed by atoms with Gasteiger partial charge in [0.1, 0.15) is 11.5 Å². The first-order valence-electron chi connectivity index (χ1n) is 4.86. The lowest BCUT2D eigenvalue weighted by Gasteiger charge is -2.12. The summed E-state index contributed by atoms with van der Waals surface area (Å²) in [6.07, 6.45) is 0. The fraction of sp³-hybridized carbons (Fsp3) is 0. The Hall–Kier alpha value is 1.12. The van der Waals surface area contributed by atoms with Gasteiger partial charge in [-0.05, 0) is 120 Å². The summed E-state index contributed by atoms with van der Waals surface area (Å²) < 4.78 is 11.4. The van der Waals surface area contributed by atoms with Gasteiger partial charge in [0.15, 0.2) is 0 Å². The molecule has 0 aliphatic carbocycles. The molecule has 0 saturated carbocycles. The lowest BCUT2D eigenvalue weighted by atomic mass is 10.3. The number of halogens is 6. The van der Waals surface area contributed by atoms with Crippen molar-refractivity contribution in [3.8, 4) is 11.5 Å². The van der Waals surface area contributed by atoms with Gasteiger partial charge in [-0.3, -0.25) is 0 Å². The summed E-state index contributed by atoms with van der Waals surface area (Å²) >= 11 is 20.9. The molecule has 0 heterocycles. The molecule has 2 rings (SSSR count). The Morgan fingerprint density at radius 1 is 0.526 bits per heavy atom. The van der Waals surface area contributed by atoms with Gasteiger partial charge in [0.05, 0.1) is 8.95 Å². The molecule has 0 radical (unpaired) electrons. The summed E-state index contributed by atoms with van der Waals surface area (Å²) in [7, 11) is 0. The van der Waals surface area contributed by atoms with E-state index in [2.05, 4.69) is 95.6 Å². The maximum Gasteiger partial charge on any atom is 0.142 e. The van der Waals surface area contributed by atoms with Crippen molar-refractivity contribution < 1.29 is 4.74 Å². The standard InChI is InChI=1S/C12H4Br6O/c13-5-1-3-7(11(17)9(5)15)19-8-4-2-6(14)10(16)12(8)18/h1-4H. The third kappa shape index (κ3) is 3.66. The highest BCUT2D eigenvalue weighted by molar-refractivity contribution is 9.15. The van der Waals surface area contributed by atoms with Crippen LogP contribution < -0.4 is 4.74 Å². The first kappa shape index (κ1) is 16.5. The highest BCUT2D eigenvalue weighted by Gasteiger charge is 2.13. The van der Waals surface area contributed by atoms with Crippen molar-refractivity contribution in [3.05, 3.63) is 51.1 Å². The molecular formula is C12H4Br6O. The second-order valence-electron chi connectivity index (χ2n) is 3.45. The second-order valence-corrected chi connectivity index (χ2v) is 8.33. The van der Waals surface area contributed by atoms with Crippen LogP contribution >= 0.6 is 95.6 Å². The van der Waals surface area contributed by atoms with Crippen molar-refractivity contribution in [2.24, 2.45) is 0 Å². The van der Waals surface area contributed by atoms with E-state index in [9.17, 15) is 0 Å². The van der Waals surface area contributed by atoms with Crippen LogP contribution in [0.15, 0.2) is 51.1 Å². The average molecular weight is 644 g/mol. The van der Waals surface area contributed by atoms with E-state index in [4.69, 9.17) is 4.74 Å². The lowest BCUT2D eigenvalue weighted by Crippen LogP contribution is -1.89. The smallest absolute Gasteiger partial charge is 0.142 e. The molecular weight excluding hydrogens is 640 g/mol. The molecule has 19 heavy (non-hydrogen) atoms. The largest absolute Gasteiger partial charge is 0.455 e. The normalized spacial score (nSPS) is 10.6. The number of rotatable bonds is 2. The molecule has 0 unspecified atom stereocenters. The van der Waals surface area contributed by atoms with Crippen LogP contribution in [0, 0.1) is 0 Å². The average Bonchev–Trinajstić information content (AvgIpc) is 2.39. The maximum absolute atomic E-state index is 5.92. The van der Waals surface area contributed by atoms with Crippen LogP contribution in [0.2, 0.25) is 0 Å². The summed E-state index contributed by atoms with van der Waals surface area (Å²) in [5.41, 5.74) is 0. The zero-order chi connectivity index (χ0) is 14.2. The molecule has 0 aliphatic rings. The predicted octanol–water partition coefficient (Wildman–Crippen LogP) is 8.05. The van der Waals surface area contributed by atoms with E-state index < -0.39 is 0 Å². The Morgan fingerprint density at radius 3 is 1.26 bits per heavy atom. The monoisotopic (exact) mass is 638 g/mol. The molecule has 0 amide bonds. The van der Waals surface area contributed by atoms with Crippen LogP contribution in [-0.4, -0.2) is 0 Å². The molecule has 2 aromatic rings. The van der Waals surface area contributed by atoms with Gasteiger partial charge in [-0.2, -0.15) is 0 Å². The third-order valence-corrected chi connectivity index (χ3v) is 8.89. The summed E-state index contributed by atoms with van der Waals surface area (Å²) in [4.78, 5) is 0. The number of hydrogen-bond acceptors (Lipinski definition) is 1. The molecule has 0 fully saturated rings. The second kappa shape index (κ2) is 6.92. The van der Waals surface area contributed by atoms with E-state index in [-0.39, 0.29) is 0 Å². The third-order valence-electron chi connectivity index (χ3n) is 2.22. The van der Waals surface area contributed by atoms with Gasteiger partial charge in [-0.1, -0.05) is 0 Å². The Bertz CT molecular complexity index is 585. The zero-order valence-electron chi connectivity index (χ0n) is 8.99. The lowest BCUT2D eigenvalue weighted by molar-refractivity contribution is 0.475. The van der Waals surface area contributed by atoms with Crippen molar-refractivity contribution in [2.75, 3.05) is 0 Å². The van der Waals surface area contributed by atoms with Crippen LogP contribution in [0.4, 0.5) is 0 Å². The van der Waals surface area contributed by atoms with Crippen molar-refractivity contribution >= 4 is 95.6 Å².